The van der Waals surface area contributed by atoms with E-state index < -0.39 is 41.1 Å². The van der Waals surface area contributed by atoms with Crippen LogP contribution >= 0.6 is 0 Å². The van der Waals surface area contributed by atoms with Gasteiger partial charge in [0, 0.05) is 12.3 Å². The summed E-state index contributed by atoms with van der Waals surface area (Å²) in [7, 11) is 0. The van der Waals surface area contributed by atoms with E-state index in [0.29, 0.717) is 19.0 Å². The zero-order valence-electron chi connectivity index (χ0n) is 15.4. The third-order valence-corrected chi connectivity index (χ3v) is 3.80. The molecule has 0 aliphatic carbocycles. The number of rotatable bonds is 8. The molecule has 1 aromatic carbocycles. The molecule has 0 fully saturated rings. The van der Waals surface area contributed by atoms with Gasteiger partial charge in [-0.1, -0.05) is 0 Å². The van der Waals surface area contributed by atoms with Crippen molar-refractivity contribution < 1.29 is 27.9 Å². The van der Waals surface area contributed by atoms with E-state index in [1.165, 1.54) is 32.9 Å². The molecule has 0 atom stereocenters. The minimum absolute atomic E-state index is 0.0843. The number of hydrogen-bond donors (Lipinski definition) is 2. The summed E-state index contributed by atoms with van der Waals surface area (Å²) < 4.78 is 39.7. The maximum Gasteiger partial charge on any atom is 0.417 e. The van der Waals surface area contributed by atoms with Gasteiger partial charge in [0.05, 0.1) is 29.3 Å². The van der Waals surface area contributed by atoms with Crippen LogP contribution in [0.5, 0.6) is 0 Å². The smallest absolute Gasteiger partial charge is 0.396 e. The number of alkyl halides is 3. The van der Waals surface area contributed by atoms with Crippen molar-refractivity contribution in [3.63, 3.8) is 0 Å². The Balaban J connectivity index is 3.34. The molecule has 0 unspecified atom stereocenters. The summed E-state index contributed by atoms with van der Waals surface area (Å²) in [5.74, 6) is -1.01. The highest BCUT2D eigenvalue weighted by atomic mass is 19.4. The summed E-state index contributed by atoms with van der Waals surface area (Å²) >= 11 is 0. The molecule has 6 nitrogen and oxygen atoms in total. The molecule has 0 aliphatic rings. The predicted molar refractivity (Wildman–Crippen MR) is 93.0 cm³/mol. The van der Waals surface area contributed by atoms with E-state index in [0.717, 1.165) is 11.0 Å². The summed E-state index contributed by atoms with van der Waals surface area (Å²) in [4.78, 5) is 25.5. The van der Waals surface area contributed by atoms with Gasteiger partial charge in [0.2, 0.25) is 5.91 Å². The van der Waals surface area contributed by atoms with Crippen LogP contribution < -0.4 is 10.2 Å². The highest BCUT2D eigenvalue weighted by Gasteiger charge is 2.37. The van der Waals surface area contributed by atoms with Crippen LogP contribution in [0.15, 0.2) is 18.2 Å². The molecule has 0 radical (unpaired) electrons. The normalized spacial score (nSPS) is 11.8. The number of amides is 1. The lowest BCUT2D eigenvalue weighted by atomic mass is 10.0. The number of aliphatic hydroxyl groups is 1. The number of halogens is 3. The fourth-order valence-electron chi connectivity index (χ4n) is 2.43. The minimum atomic E-state index is -4.78. The van der Waals surface area contributed by atoms with Crippen LogP contribution in [0.1, 0.15) is 38.3 Å². The Hall–Kier alpha value is -2.44. The Bertz CT molecular complexity index is 740. The average Bonchev–Trinajstić information content (AvgIpc) is 2.57. The van der Waals surface area contributed by atoms with Crippen molar-refractivity contribution in [3.8, 4) is 6.07 Å². The van der Waals surface area contributed by atoms with Crippen molar-refractivity contribution in [1.29, 1.82) is 5.26 Å². The van der Waals surface area contributed by atoms with Crippen LogP contribution in [-0.4, -0.2) is 42.0 Å². The number of carbonyl (C=O) groups is 2. The maximum atomic E-state index is 13.2. The van der Waals surface area contributed by atoms with Crippen LogP contribution in [0.4, 0.5) is 18.9 Å². The van der Waals surface area contributed by atoms with Crippen LogP contribution in [-0.2, 0) is 15.8 Å². The molecule has 0 heterocycles. The van der Waals surface area contributed by atoms with Gasteiger partial charge < -0.3 is 15.3 Å². The average molecular weight is 385 g/mol. The van der Waals surface area contributed by atoms with Crippen molar-refractivity contribution in [1.82, 2.24) is 5.32 Å². The van der Waals surface area contributed by atoms with Gasteiger partial charge in [-0.15, -0.1) is 0 Å². The number of anilines is 1. The molecule has 0 bridgehead atoms. The van der Waals surface area contributed by atoms with Gasteiger partial charge in [-0.2, -0.15) is 18.4 Å². The van der Waals surface area contributed by atoms with Crippen molar-refractivity contribution in [2.45, 2.75) is 38.9 Å². The lowest BCUT2D eigenvalue weighted by Crippen LogP contribution is -2.55. The third kappa shape index (κ3) is 6.05. The molecule has 9 heteroatoms. The summed E-state index contributed by atoms with van der Waals surface area (Å²) in [5, 5.41) is 20.7. The second-order valence-corrected chi connectivity index (χ2v) is 6.56. The number of ketones is 1. The van der Waals surface area contributed by atoms with E-state index in [1.54, 1.807) is 0 Å². The van der Waals surface area contributed by atoms with E-state index in [-0.39, 0.29) is 12.3 Å². The Morgan fingerprint density at radius 1 is 1.30 bits per heavy atom. The van der Waals surface area contributed by atoms with Gasteiger partial charge in [0.25, 0.3) is 0 Å². The number of Topliss-reactive ketones (excluding diaryl/α,β-unsaturated/α-hetero) is 1. The van der Waals surface area contributed by atoms with Crippen molar-refractivity contribution in [2.24, 2.45) is 0 Å². The number of nitriles is 1. The Morgan fingerprint density at radius 2 is 1.93 bits per heavy atom. The maximum absolute atomic E-state index is 13.2. The lowest BCUT2D eigenvalue weighted by Gasteiger charge is -2.32. The van der Waals surface area contributed by atoms with E-state index in [4.69, 9.17) is 10.4 Å². The zero-order valence-corrected chi connectivity index (χ0v) is 15.4. The van der Waals surface area contributed by atoms with Crippen molar-refractivity contribution >= 4 is 17.4 Å². The highest BCUT2D eigenvalue weighted by Crippen LogP contribution is 2.34. The molecule has 0 saturated heterocycles. The molecule has 0 saturated carbocycles. The molecular weight excluding hydrogens is 363 g/mol. The second-order valence-electron chi connectivity index (χ2n) is 6.56. The van der Waals surface area contributed by atoms with E-state index in [9.17, 15) is 22.8 Å². The van der Waals surface area contributed by atoms with Crippen molar-refractivity contribution in [2.75, 3.05) is 24.6 Å². The molecule has 148 valence electrons. The van der Waals surface area contributed by atoms with Gasteiger partial charge in [-0.3, -0.25) is 9.59 Å². The highest BCUT2D eigenvalue weighted by molar-refractivity contribution is 6.03. The van der Waals surface area contributed by atoms with Crippen LogP contribution in [0.25, 0.3) is 0 Å². The second kappa shape index (κ2) is 8.97. The summed E-state index contributed by atoms with van der Waals surface area (Å²) in [6.07, 6.45) is -4.39. The number of carbonyl (C=O) groups excluding carboxylic acids is 2. The number of hydrogen-bond acceptors (Lipinski definition) is 5. The zero-order chi connectivity index (χ0) is 20.8. The minimum Gasteiger partial charge on any atom is -0.396 e. The standard InChI is InChI=1S/C18H22F3N3O3/c1-12(26)11-24(16(27)17(2,3)23-7-4-8-25)14-6-5-13(10-22)15(9-14)18(19,20)21/h5-6,9,23,25H,4,7-8,11H2,1-3H3. The van der Waals surface area contributed by atoms with Crippen LogP contribution in [0.3, 0.4) is 0 Å². The Labute approximate surface area is 155 Å². The molecule has 0 spiro atoms. The first-order valence-corrected chi connectivity index (χ1v) is 8.22. The first-order chi connectivity index (χ1) is 12.4. The molecule has 1 rings (SSSR count). The van der Waals surface area contributed by atoms with Gasteiger partial charge >= 0.3 is 6.18 Å². The number of benzene rings is 1. The topological polar surface area (TPSA) is 93.4 Å². The molecule has 1 aromatic rings. The summed E-state index contributed by atoms with van der Waals surface area (Å²) in [6, 6.07) is 4.36. The Morgan fingerprint density at radius 3 is 2.41 bits per heavy atom. The molecular formula is C18H22F3N3O3. The first kappa shape index (κ1) is 22.6. The van der Waals surface area contributed by atoms with Gasteiger partial charge in [-0.05, 0) is 51.9 Å². The monoisotopic (exact) mass is 385 g/mol. The first-order valence-electron chi connectivity index (χ1n) is 8.22. The fraction of sp³-hybridized carbons (Fsp3) is 0.500. The van der Waals surface area contributed by atoms with E-state index >= 15 is 0 Å². The van der Waals surface area contributed by atoms with Crippen LogP contribution in [0.2, 0.25) is 0 Å². The molecule has 1 amide bonds. The molecule has 2 N–H and O–H groups in total. The fourth-order valence-corrected chi connectivity index (χ4v) is 2.43. The third-order valence-electron chi connectivity index (χ3n) is 3.80. The number of aliphatic hydroxyl groups excluding tert-OH is 1. The largest absolute Gasteiger partial charge is 0.417 e. The number of nitrogens with one attached hydrogen (secondary N) is 1. The quantitative estimate of drug-likeness (QED) is 0.670. The predicted octanol–water partition coefficient (Wildman–Crippen LogP) is 2.25. The molecule has 0 aliphatic heterocycles. The van der Waals surface area contributed by atoms with Gasteiger partial charge in [0.15, 0.2) is 0 Å². The van der Waals surface area contributed by atoms with E-state index in [1.807, 2.05) is 0 Å². The summed E-state index contributed by atoms with van der Waals surface area (Å²) in [5.41, 5.74) is -3.05. The molecule has 27 heavy (non-hydrogen) atoms. The van der Waals surface area contributed by atoms with Gasteiger partial charge in [0.1, 0.15) is 5.78 Å². The van der Waals surface area contributed by atoms with E-state index in [2.05, 4.69) is 5.32 Å². The number of nitrogens with zero attached hydrogens (tertiary/aromatic N) is 2. The summed E-state index contributed by atoms with van der Waals surface area (Å²) in [6.45, 7) is 4.11. The van der Waals surface area contributed by atoms with Crippen molar-refractivity contribution in [3.05, 3.63) is 29.3 Å². The SMILES string of the molecule is CC(=O)CN(C(=O)C(C)(C)NCCCO)c1ccc(C#N)c(C(F)(F)F)c1. The van der Waals surface area contributed by atoms with Crippen LogP contribution in [0, 0.1) is 11.3 Å². The Kier molecular flexibility index (Phi) is 7.51. The van der Waals surface area contributed by atoms with Gasteiger partial charge in [-0.25, -0.2) is 0 Å². The lowest BCUT2D eigenvalue weighted by molar-refractivity contribution is -0.137. The molecule has 0 aromatic heterocycles.